The first kappa shape index (κ1) is 18.0. The Labute approximate surface area is 156 Å². The molecule has 1 aliphatic heterocycles. The maximum Gasteiger partial charge on any atom is 0.225 e. The van der Waals surface area contributed by atoms with Crippen molar-refractivity contribution >= 4 is 29.3 Å². The highest BCUT2D eigenvalue weighted by Gasteiger charge is 2.23. The number of halogens is 1. The van der Waals surface area contributed by atoms with E-state index >= 15 is 0 Å². The van der Waals surface area contributed by atoms with E-state index in [1.807, 2.05) is 30.3 Å². The van der Waals surface area contributed by atoms with Crippen LogP contribution >= 0.6 is 23.4 Å². The largest absolute Gasteiger partial charge is 0.497 e. The van der Waals surface area contributed by atoms with Crippen molar-refractivity contribution in [1.29, 1.82) is 0 Å². The first-order valence-corrected chi connectivity index (χ1v) is 9.39. The number of amides is 1. The predicted molar refractivity (Wildman–Crippen MR) is 101 cm³/mol. The van der Waals surface area contributed by atoms with Gasteiger partial charge in [0.2, 0.25) is 5.91 Å². The number of carbonyl (C=O) groups excluding carboxylic acids is 1. The van der Waals surface area contributed by atoms with Gasteiger partial charge in [-0.25, -0.2) is 0 Å². The van der Waals surface area contributed by atoms with E-state index in [4.69, 9.17) is 21.1 Å². The van der Waals surface area contributed by atoms with Crippen LogP contribution < -0.4 is 14.8 Å². The van der Waals surface area contributed by atoms with Gasteiger partial charge in [-0.2, -0.15) is 0 Å². The summed E-state index contributed by atoms with van der Waals surface area (Å²) in [6.45, 7) is 0. The van der Waals surface area contributed by atoms with Crippen LogP contribution in [0.5, 0.6) is 11.5 Å². The maximum absolute atomic E-state index is 12.6. The van der Waals surface area contributed by atoms with Gasteiger partial charge in [-0.3, -0.25) is 4.79 Å². The van der Waals surface area contributed by atoms with Gasteiger partial charge in [0.15, 0.2) is 0 Å². The Morgan fingerprint density at radius 3 is 2.84 bits per heavy atom. The molecule has 0 aliphatic carbocycles. The number of hydrogen-bond donors (Lipinski definition) is 1. The number of thioether (sulfide) groups is 1. The molecule has 0 aromatic heterocycles. The lowest BCUT2D eigenvalue weighted by atomic mass is 10.0. The molecular formula is C19H20ClNO3S. The average molecular weight is 378 g/mol. The number of nitrogens with one attached hydrogen (secondary N) is 1. The Morgan fingerprint density at radius 1 is 1.24 bits per heavy atom. The van der Waals surface area contributed by atoms with E-state index in [2.05, 4.69) is 5.32 Å². The number of benzene rings is 2. The normalized spacial score (nSPS) is 16.0. The fraction of sp³-hybridized carbons (Fsp3) is 0.316. The van der Waals surface area contributed by atoms with Crippen LogP contribution in [0, 0.1) is 0 Å². The van der Waals surface area contributed by atoms with Crippen molar-refractivity contribution in [1.82, 2.24) is 5.32 Å². The molecule has 1 aliphatic rings. The number of fused-ring (bicyclic) bond motifs is 1. The van der Waals surface area contributed by atoms with Crippen LogP contribution in [0.2, 0.25) is 5.02 Å². The predicted octanol–water partition coefficient (Wildman–Crippen LogP) is 4.25. The monoisotopic (exact) mass is 377 g/mol. The molecule has 0 saturated heterocycles. The van der Waals surface area contributed by atoms with Gasteiger partial charge in [-0.1, -0.05) is 17.7 Å². The maximum atomic E-state index is 12.6. The Morgan fingerprint density at radius 2 is 2.08 bits per heavy atom. The van der Waals surface area contributed by atoms with Crippen LogP contribution in [0.1, 0.15) is 23.6 Å². The van der Waals surface area contributed by atoms with E-state index in [1.165, 1.54) is 4.90 Å². The van der Waals surface area contributed by atoms with Crippen molar-refractivity contribution in [2.45, 2.75) is 23.8 Å². The van der Waals surface area contributed by atoms with E-state index in [9.17, 15) is 4.79 Å². The van der Waals surface area contributed by atoms with E-state index in [-0.39, 0.29) is 18.4 Å². The molecule has 1 N–H and O–H groups in total. The van der Waals surface area contributed by atoms with Crippen molar-refractivity contribution < 1.29 is 14.3 Å². The van der Waals surface area contributed by atoms with Crippen LogP contribution in [0.4, 0.5) is 0 Å². The standard InChI is InChI=1S/C19H20ClNO3S/c1-23-14-5-3-12(17(11-14)24-2)9-19(22)21-16-7-8-25-18-6-4-13(20)10-15(16)18/h3-6,10-11,16H,7-9H2,1-2H3,(H,21,22). The van der Waals surface area contributed by atoms with Crippen LogP contribution in [-0.4, -0.2) is 25.9 Å². The van der Waals surface area contributed by atoms with E-state index in [0.717, 1.165) is 23.3 Å². The van der Waals surface area contributed by atoms with Crippen LogP contribution in [0.15, 0.2) is 41.3 Å². The molecule has 2 aromatic rings. The molecule has 0 fully saturated rings. The SMILES string of the molecule is COc1ccc(CC(=O)NC2CCSc3ccc(Cl)cc32)c(OC)c1. The number of carbonyl (C=O) groups is 1. The number of ether oxygens (including phenoxy) is 2. The third-order valence-electron chi connectivity index (χ3n) is 4.19. The molecule has 3 rings (SSSR count). The number of methoxy groups -OCH3 is 2. The summed E-state index contributed by atoms with van der Waals surface area (Å²) in [6, 6.07) is 11.3. The lowest BCUT2D eigenvalue weighted by molar-refractivity contribution is -0.121. The van der Waals surface area contributed by atoms with Gasteiger partial charge in [0.1, 0.15) is 11.5 Å². The second kappa shape index (κ2) is 8.02. The summed E-state index contributed by atoms with van der Waals surface area (Å²) in [4.78, 5) is 13.7. The molecule has 1 amide bonds. The third kappa shape index (κ3) is 4.22. The molecule has 0 saturated carbocycles. The van der Waals surface area contributed by atoms with Crippen LogP contribution in [0.25, 0.3) is 0 Å². The summed E-state index contributed by atoms with van der Waals surface area (Å²) >= 11 is 7.92. The van der Waals surface area contributed by atoms with Crippen molar-refractivity contribution in [3.63, 3.8) is 0 Å². The van der Waals surface area contributed by atoms with Crippen LogP contribution in [-0.2, 0) is 11.2 Å². The number of hydrogen-bond acceptors (Lipinski definition) is 4. The van der Waals surface area contributed by atoms with Crippen molar-refractivity contribution in [2.24, 2.45) is 0 Å². The van der Waals surface area contributed by atoms with Gasteiger partial charge in [-0.15, -0.1) is 11.8 Å². The Kier molecular flexibility index (Phi) is 5.76. The van der Waals surface area contributed by atoms with Gasteiger partial charge < -0.3 is 14.8 Å². The van der Waals surface area contributed by atoms with E-state index in [1.54, 1.807) is 32.0 Å². The molecule has 2 aromatic carbocycles. The third-order valence-corrected chi connectivity index (χ3v) is 5.55. The highest BCUT2D eigenvalue weighted by atomic mass is 35.5. The highest BCUT2D eigenvalue weighted by molar-refractivity contribution is 7.99. The smallest absolute Gasteiger partial charge is 0.225 e. The lowest BCUT2D eigenvalue weighted by Gasteiger charge is -2.26. The second-order valence-electron chi connectivity index (χ2n) is 5.79. The summed E-state index contributed by atoms with van der Waals surface area (Å²) in [5.74, 6) is 2.29. The fourth-order valence-electron chi connectivity index (χ4n) is 2.93. The fourth-order valence-corrected chi connectivity index (χ4v) is 4.22. The lowest BCUT2D eigenvalue weighted by Crippen LogP contribution is -2.31. The summed E-state index contributed by atoms with van der Waals surface area (Å²) in [7, 11) is 3.19. The summed E-state index contributed by atoms with van der Waals surface area (Å²) in [5, 5.41) is 3.82. The van der Waals surface area contributed by atoms with Gasteiger partial charge in [0.25, 0.3) is 0 Å². The van der Waals surface area contributed by atoms with Gasteiger partial charge in [0, 0.05) is 27.3 Å². The molecule has 132 valence electrons. The molecule has 0 bridgehead atoms. The zero-order chi connectivity index (χ0) is 17.8. The molecule has 1 atom stereocenters. The second-order valence-corrected chi connectivity index (χ2v) is 7.37. The van der Waals surface area contributed by atoms with Crippen LogP contribution in [0.3, 0.4) is 0 Å². The minimum Gasteiger partial charge on any atom is -0.497 e. The highest BCUT2D eigenvalue weighted by Crippen LogP contribution is 2.37. The van der Waals surface area contributed by atoms with Crippen molar-refractivity contribution in [3.8, 4) is 11.5 Å². The first-order chi connectivity index (χ1) is 12.1. The number of rotatable bonds is 5. The van der Waals surface area contributed by atoms with E-state index < -0.39 is 0 Å². The molecule has 1 unspecified atom stereocenters. The first-order valence-electron chi connectivity index (χ1n) is 8.03. The molecule has 6 heteroatoms. The zero-order valence-electron chi connectivity index (χ0n) is 14.2. The average Bonchev–Trinajstić information content (AvgIpc) is 2.62. The van der Waals surface area contributed by atoms with Crippen molar-refractivity contribution in [3.05, 3.63) is 52.5 Å². The van der Waals surface area contributed by atoms with Gasteiger partial charge in [-0.05, 0) is 36.2 Å². The Bertz CT molecular complexity index is 781. The molecule has 0 radical (unpaired) electrons. The summed E-state index contributed by atoms with van der Waals surface area (Å²) in [5.41, 5.74) is 1.93. The minimum absolute atomic E-state index is 0.00769. The quantitative estimate of drug-likeness (QED) is 0.846. The molecule has 1 heterocycles. The van der Waals surface area contributed by atoms with Crippen molar-refractivity contribution in [2.75, 3.05) is 20.0 Å². The Balaban J connectivity index is 1.73. The molecular weight excluding hydrogens is 358 g/mol. The summed E-state index contributed by atoms with van der Waals surface area (Å²) < 4.78 is 10.6. The van der Waals surface area contributed by atoms with E-state index in [0.29, 0.717) is 16.5 Å². The Hall–Kier alpha value is -1.85. The van der Waals surface area contributed by atoms with Gasteiger partial charge in [0.05, 0.1) is 26.7 Å². The topological polar surface area (TPSA) is 47.6 Å². The zero-order valence-corrected chi connectivity index (χ0v) is 15.7. The summed E-state index contributed by atoms with van der Waals surface area (Å²) in [6.07, 6.45) is 1.15. The molecule has 0 spiro atoms. The molecule has 4 nitrogen and oxygen atoms in total. The molecule has 25 heavy (non-hydrogen) atoms. The minimum atomic E-state index is -0.0358. The van der Waals surface area contributed by atoms with Gasteiger partial charge >= 0.3 is 0 Å².